The molecule has 6 heteroatoms. The van der Waals surface area contributed by atoms with Crippen LogP contribution in [-0.4, -0.2) is 39.4 Å². The summed E-state index contributed by atoms with van der Waals surface area (Å²) in [4.78, 5) is 11.8. The van der Waals surface area contributed by atoms with Gasteiger partial charge in [-0.05, 0) is 18.2 Å². The van der Waals surface area contributed by atoms with Crippen molar-refractivity contribution in [3.63, 3.8) is 0 Å². The van der Waals surface area contributed by atoms with Crippen LogP contribution in [0.5, 0.6) is 0 Å². The number of halogens is 1. The van der Waals surface area contributed by atoms with E-state index >= 15 is 0 Å². The number of nitrogen functional groups attached to an aromatic ring is 1. The Bertz CT molecular complexity index is 399. The van der Waals surface area contributed by atoms with Gasteiger partial charge in [0.1, 0.15) is 0 Å². The van der Waals surface area contributed by atoms with Gasteiger partial charge >= 0.3 is 0 Å². The second kappa shape index (κ2) is 7.92. The molecule has 100 valence electrons. The topological polar surface area (TPSA) is 73.6 Å². The summed E-state index contributed by atoms with van der Waals surface area (Å²) in [6.45, 7) is 1.90. The fraction of sp³-hybridized carbons (Fsp3) is 0.417. The molecule has 1 amide bonds. The molecule has 0 fully saturated rings. The molecule has 0 atom stereocenters. The van der Waals surface area contributed by atoms with Gasteiger partial charge in [0.05, 0.1) is 25.4 Å². The molecule has 0 spiro atoms. The third-order valence-electron chi connectivity index (χ3n) is 2.22. The number of benzene rings is 1. The van der Waals surface area contributed by atoms with Crippen LogP contribution in [0.25, 0.3) is 0 Å². The van der Waals surface area contributed by atoms with Crippen molar-refractivity contribution < 1.29 is 14.3 Å². The molecule has 0 aromatic heterocycles. The Hall–Kier alpha value is -1.30. The summed E-state index contributed by atoms with van der Waals surface area (Å²) < 4.78 is 10.0. The molecule has 1 aromatic rings. The van der Waals surface area contributed by atoms with E-state index in [1.54, 1.807) is 25.3 Å². The number of carbonyl (C=O) groups excluding carboxylic acids is 1. The first kappa shape index (κ1) is 14.8. The van der Waals surface area contributed by atoms with E-state index in [-0.39, 0.29) is 5.91 Å². The van der Waals surface area contributed by atoms with Gasteiger partial charge in [-0.15, -0.1) is 0 Å². The van der Waals surface area contributed by atoms with Gasteiger partial charge < -0.3 is 20.5 Å². The SMILES string of the molecule is COCCOCCNC(=O)c1ccc(Cl)cc1N. The zero-order valence-electron chi connectivity index (χ0n) is 10.2. The lowest BCUT2D eigenvalue weighted by molar-refractivity contribution is 0.0693. The lowest BCUT2D eigenvalue weighted by Crippen LogP contribution is -2.28. The molecule has 0 saturated heterocycles. The largest absolute Gasteiger partial charge is 0.398 e. The van der Waals surface area contributed by atoms with Gasteiger partial charge in [-0.3, -0.25) is 4.79 Å². The van der Waals surface area contributed by atoms with Crippen LogP contribution in [0.3, 0.4) is 0 Å². The minimum absolute atomic E-state index is 0.237. The molecule has 0 radical (unpaired) electrons. The highest BCUT2D eigenvalue weighted by molar-refractivity contribution is 6.31. The van der Waals surface area contributed by atoms with Crippen molar-refractivity contribution in [2.24, 2.45) is 0 Å². The number of nitrogens with two attached hydrogens (primary N) is 1. The Kier molecular flexibility index (Phi) is 6.49. The summed E-state index contributed by atoms with van der Waals surface area (Å²) in [7, 11) is 1.61. The lowest BCUT2D eigenvalue weighted by Gasteiger charge is -2.08. The summed E-state index contributed by atoms with van der Waals surface area (Å²) >= 11 is 5.75. The predicted octanol–water partition coefficient (Wildman–Crippen LogP) is 1.31. The van der Waals surface area contributed by atoms with Crippen molar-refractivity contribution in [1.82, 2.24) is 5.32 Å². The predicted molar refractivity (Wildman–Crippen MR) is 70.9 cm³/mol. The van der Waals surface area contributed by atoms with E-state index in [0.717, 1.165) is 0 Å². The number of rotatable bonds is 7. The van der Waals surface area contributed by atoms with Crippen LogP contribution in [0, 0.1) is 0 Å². The Morgan fingerprint density at radius 2 is 2.17 bits per heavy atom. The number of nitrogens with one attached hydrogen (secondary N) is 1. The maximum Gasteiger partial charge on any atom is 0.253 e. The highest BCUT2D eigenvalue weighted by atomic mass is 35.5. The first-order chi connectivity index (χ1) is 8.65. The van der Waals surface area contributed by atoms with Gasteiger partial charge in [-0.1, -0.05) is 11.6 Å². The Labute approximate surface area is 111 Å². The van der Waals surface area contributed by atoms with Gasteiger partial charge in [0, 0.05) is 24.4 Å². The number of carbonyl (C=O) groups is 1. The molecule has 18 heavy (non-hydrogen) atoms. The normalized spacial score (nSPS) is 10.3. The van der Waals surface area contributed by atoms with E-state index in [1.807, 2.05) is 0 Å². The number of hydrogen-bond donors (Lipinski definition) is 2. The van der Waals surface area contributed by atoms with Crippen LogP contribution in [0.15, 0.2) is 18.2 Å². The number of amides is 1. The van der Waals surface area contributed by atoms with Gasteiger partial charge in [0.25, 0.3) is 5.91 Å². The van der Waals surface area contributed by atoms with Crippen molar-refractivity contribution in [3.8, 4) is 0 Å². The lowest BCUT2D eigenvalue weighted by atomic mass is 10.1. The van der Waals surface area contributed by atoms with E-state index in [2.05, 4.69) is 5.32 Å². The maximum atomic E-state index is 11.8. The third-order valence-corrected chi connectivity index (χ3v) is 2.46. The molecule has 1 rings (SSSR count). The fourth-order valence-electron chi connectivity index (χ4n) is 1.32. The Morgan fingerprint density at radius 1 is 1.39 bits per heavy atom. The highest BCUT2D eigenvalue weighted by Crippen LogP contribution is 2.17. The average Bonchev–Trinajstić information content (AvgIpc) is 2.33. The summed E-state index contributed by atoms with van der Waals surface area (Å²) in [6.07, 6.45) is 0. The van der Waals surface area contributed by atoms with Crippen molar-refractivity contribution >= 4 is 23.2 Å². The van der Waals surface area contributed by atoms with Crippen molar-refractivity contribution in [1.29, 1.82) is 0 Å². The third kappa shape index (κ3) is 4.91. The Morgan fingerprint density at radius 3 is 2.83 bits per heavy atom. The monoisotopic (exact) mass is 272 g/mol. The quantitative estimate of drug-likeness (QED) is 0.580. The van der Waals surface area contributed by atoms with Gasteiger partial charge in [0.2, 0.25) is 0 Å². The average molecular weight is 273 g/mol. The van der Waals surface area contributed by atoms with Crippen LogP contribution < -0.4 is 11.1 Å². The van der Waals surface area contributed by atoms with E-state index in [0.29, 0.717) is 42.6 Å². The fourth-order valence-corrected chi connectivity index (χ4v) is 1.50. The van der Waals surface area contributed by atoms with Crippen LogP contribution in [0.1, 0.15) is 10.4 Å². The molecular formula is C12H17ClN2O3. The molecule has 0 aliphatic rings. The molecule has 0 unspecified atom stereocenters. The van der Waals surface area contributed by atoms with E-state index < -0.39 is 0 Å². The van der Waals surface area contributed by atoms with Crippen molar-refractivity contribution in [2.45, 2.75) is 0 Å². The van der Waals surface area contributed by atoms with Crippen molar-refractivity contribution in [2.75, 3.05) is 39.2 Å². The second-order valence-electron chi connectivity index (χ2n) is 3.59. The minimum Gasteiger partial charge on any atom is -0.398 e. The van der Waals surface area contributed by atoms with Crippen molar-refractivity contribution in [3.05, 3.63) is 28.8 Å². The number of methoxy groups -OCH3 is 1. The molecule has 0 saturated carbocycles. The number of anilines is 1. The van der Waals surface area contributed by atoms with E-state index in [9.17, 15) is 4.79 Å². The first-order valence-electron chi connectivity index (χ1n) is 5.55. The molecule has 0 aliphatic carbocycles. The minimum atomic E-state index is -0.237. The summed E-state index contributed by atoms with van der Waals surface area (Å²) in [5.74, 6) is -0.237. The van der Waals surface area contributed by atoms with Crippen LogP contribution >= 0.6 is 11.6 Å². The number of ether oxygens (including phenoxy) is 2. The zero-order valence-corrected chi connectivity index (χ0v) is 11.0. The van der Waals surface area contributed by atoms with Gasteiger partial charge in [0.15, 0.2) is 0 Å². The van der Waals surface area contributed by atoms with E-state index in [4.69, 9.17) is 26.8 Å². The van der Waals surface area contributed by atoms with Crippen LogP contribution in [0.4, 0.5) is 5.69 Å². The number of hydrogen-bond acceptors (Lipinski definition) is 4. The summed E-state index contributed by atoms with van der Waals surface area (Å²) in [5.41, 5.74) is 6.47. The van der Waals surface area contributed by atoms with Crippen LogP contribution in [-0.2, 0) is 9.47 Å². The molecule has 3 N–H and O–H groups in total. The standard InChI is InChI=1S/C12H17ClN2O3/c1-17-6-7-18-5-4-15-12(16)10-3-2-9(13)8-11(10)14/h2-3,8H,4-7,14H2,1H3,(H,15,16). The Balaban J connectivity index is 2.32. The second-order valence-corrected chi connectivity index (χ2v) is 4.03. The molecular weight excluding hydrogens is 256 g/mol. The van der Waals surface area contributed by atoms with Gasteiger partial charge in [-0.25, -0.2) is 0 Å². The maximum absolute atomic E-state index is 11.8. The zero-order chi connectivity index (χ0) is 13.4. The molecule has 0 heterocycles. The van der Waals surface area contributed by atoms with Crippen LogP contribution in [0.2, 0.25) is 5.02 Å². The molecule has 5 nitrogen and oxygen atoms in total. The smallest absolute Gasteiger partial charge is 0.253 e. The molecule has 1 aromatic carbocycles. The van der Waals surface area contributed by atoms with E-state index in [1.165, 1.54) is 0 Å². The molecule has 0 aliphatic heterocycles. The highest BCUT2D eigenvalue weighted by Gasteiger charge is 2.08. The van der Waals surface area contributed by atoms with Gasteiger partial charge in [-0.2, -0.15) is 0 Å². The molecule has 0 bridgehead atoms. The first-order valence-corrected chi connectivity index (χ1v) is 5.93. The summed E-state index contributed by atoms with van der Waals surface area (Å²) in [5, 5.41) is 3.21. The summed E-state index contributed by atoms with van der Waals surface area (Å²) in [6, 6.07) is 4.77.